The van der Waals surface area contributed by atoms with Crippen LogP contribution < -0.4 is 10.3 Å². The maximum atomic E-state index is 14.3. The average Bonchev–Trinajstić information content (AvgIpc) is 3.28. The lowest BCUT2D eigenvalue weighted by Crippen LogP contribution is -2.54. The lowest BCUT2D eigenvalue weighted by atomic mass is 9.47. The van der Waals surface area contributed by atoms with Crippen molar-refractivity contribution in [1.29, 1.82) is 0 Å². The third kappa shape index (κ3) is 3.56. The van der Waals surface area contributed by atoms with Crippen LogP contribution in [0.25, 0.3) is 0 Å². The van der Waals surface area contributed by atoms with Gasteiger partial charge in [-0.05, 0) is 58.7 Å². The third-order valence-electron chi connectivity index (χ3n) is 8.54. The van der Waals surface area contributed by atoms with Crippen LogP contribution in [0.5, 0.6) is 0 Å². The van der Waals surface area contributed by atoms with Gasteiger partial charge in [0.1, 0.15) is 0 Å². The number of amides is 3. The fraction of sp³-hybridized carbons (Fsp3) is 0.125. The van der Waals surface area contributed by atoms with E-state index in [0.717, 1.165) is 27.2 Å². The Kier molecular flexibility index (Phi) is 5.81. The Labute approximate surface area is 244 Å². The molecule has 4 aromatic carbocycles. The number of nitro groups is 1. The molecule has 4 aromatic rings. The van der Waals surface area contributed by atoms with Gasteiger partial charge in [-0.1, -0.05) is 60.1 Å². The number of nitrogens with zero attached hydrogens (tertiary/aromatic N) is 3. The molecule has 10 heteroatoms. The number of non-ortho nitro benzene ring substituents is 1. The van der Waals surface area contributed by atoms with Crippen LogP contribution in [0.15, 0.2) is 102 Å². The van der Waals surface area contributed by atoms with Gasteiger partial charge in [-0.2, -0.15) is 5.10 Å². The molecule has 1 N–H and O–H groups in total. The first kappa shape index (κ1) is 25.8. The molecule has 4 aliphatic rings. The quantitative estimate of drug-likeness (QED) is 0.151. The number of hydrazone groups is 1. The first-order valence-electron chi connectivity index (χ1n) is 13.2. The summed E-state index contributed by atoms with van der Waals surface area (Å²) >= 11 is 5.96. The van der Waals surface area contributed by atoms with Crippen molar-refractivity contribution in [3.05, 3.63) is 140 Å². The van der Waals surface area contributed by atoms with Gasteiger partial charge in [-0.25, -0.2) is 10.3 Å². The van der Waals surface area contributed by atoms with Crippen LogP contribution in [0.3, 0.4) is 0 Å². The highest BCUT2D eigenvalue weighted by atomic mass is 35.5. The van der Waals surface area contributed by atoms with Crippen molar-refractivity contribution in [1.82, 2.24) is 5.43 Å². The molecular weight excluding hydrogens is 556 g/mol. The van der Waals surface area contributed by atoms with Crippen LogP contribution in [0.1, 0.15) is 38.5 Å². The van der Waals surface area contributed by atoms with Crippen molar-refractivity contribution in [2.45, 2.75) is 11.3 Å². The first-order chi connectivity index (χ1) is 20.3. The van der Waals surface area contributed by atoms with Crippen molar-refractivity contribution in [3.8, 4) is 0 Å². The number of nitrogens with one attached hydrogen (secondary N) is 1. The number of nitro benzene ring substituents is 1. The molecule has 8 rings (SSSR count). The SMILES string of the molecule is O=C(N/N=C\C12c3ccccc3C(c3ccccc31)[C@H]1C(=O)N(c3ccc([N+](=O)[O-])cc3)C(=O)[C@H]12)c1ccc(Cl)cc1. The number of imide groups is 1. The fourth-order valence-corrected chi connectivity index (χ4v) is 7.01. The number of hydrogen-bond donors (Lipinski definition) is 1. The molecule has 1 heterocycles. The zero-order valence-corrected chi connectivity index (χ0v) is 22.6. The Morgan fingerprint density at radius 3 is 2.07 bits per heavy atom. The largest absolute Gasteiger partial charge is 0.274 e. The summed E-state index contributed by atoms with van der Waals surface area (Å²) < 4.78 is 0. The van der Waals surface area contributed by atoms with Crippen LogP contribution >= 0.6 is 11.6 Å². The van der Waals surface area contributed by atoms with E-state index in [0.29, 0.717) is 10.6 Å². The lowest BCUT2D eigenvalue weighted by Gasteiger charge is -2.52. The molecule has 9 nitrogen and oxygen atoms in total. The minimum absolute atomic E-state index is 0.143. The van der Waals surface area contributed by atoms with E-state index in [1.54, 1.807) is 30.5 Å². The molecular formula is C32H21ClN4O5. The normalized spacial score (nSPS) is 23.5. The third-order valence-corrected chi connectivity index (χ3v) is 8.80. The van der Waals surface area contributed by atoms with Crippen molar-refractivity contribution in [2.75, 3.05) is 4.90 Å². The molecule has 3 aliphatic carbocycles. The fourth-order valence-electron chi connectivity index (χ4n) is 6.89. The predicted molar refractivity (Wildman–Crippen MR) is 155 cm³/mol. The van der Waals surface area contributed by atoms with Crippen LogP contribution in [0.2, 0.25) is 5.02 Å². The van der Waals surface area contributed by atoms with Crippen LogP contribution in [-0.2, 0) is 15.0 Å². The van der Waals surface area contributed by atoms with Gasteiger partial charge < -0.3 is 0 Å². The molecule has 0 aromatic heterocycles. The molecule has 0 unspecified atom stereocenters. The summed E-state index contributed by atoms with van der Waals surface area (Å²) in [6.45, 7) is 0. The second kappa shape index (κ2) is 9.46. The Bertz CT molecular complexity index is 1790. The number of carbonyl (C=O) groups excluding carboxylic acids is 3. The first-order valence-corrected chi connectivity index (χ1v) is 13.6. The summed E-state index contributed by atoms with van der Waals surface area (Å²) in [5.41, 5.74) is 5.41. The van der Waals surface area contributed by atoms with E-state index in [-0.39, 0.29) is 23.2 Å². The van der Waals surface area contributed by atoms with Gasteiger partial charge in [-0.15, -0.1) is 0 Å². The standard InChI is InChI=1S/C32H21ClN4O5/c33-19-11-9-18(10-12-19)29(38)35-34-17-32-24-7-3-1-5-22(24)26(23-6-2-4-8-25(23)32)27-28(32)31(40)36(30(27)39)20-13-15-21(16-14-20)37(41)42/h1-17,26-28H,(H,35,38)/b34-17-/t26?,27-,28+,32?/m1/s1. The van der Waals surface area contributed by atoms with Gasteiger partial charge in [0.25, 0.3) is 11.6 Å². The smallest absolute Gasteiger partial charge is 0.271 e. The number of rotatable bonds is 5. The summed E-state index contributed by atoms with van der Waals surface area (Å²) in [6.07, 6.45) is 1.58. The summed E-state index contributed by atoms with van der Waals surface area (Å²) in [7, 11) is 0. The molecule has 0 saturated carbocycles. The van der Waals surface area contributed by atoms with Crippen LogP contribution in [0, 0.1) is 22.0 Å². The Hall–Kier alpha value is -5.15. The van der Waals surface area contributed by atoms with E-state index < -0.39 is 34.0 Å². The number of benzene rings is 4. The van der Waals surface area contributed by atoms with E-state index in [1.165, 1.54) is 24.3 Å². The molecule has 0 spiro atoms. The van der Waals surface area contributed by atoms with Crippen molar-refractivity contribution >= 4 is 46.9 Å². The lowest BCUT2D eigenvalue weighted by molar-refractivity contribution is -0.384. The van der Waals surface area contributed by atoms with Gasteiger partial charge in [0.2, 0.25) is 11.8 Å². The highest BCUT2D eigenvalue weighted by Gasteiger charge is 2.68. The summed E-state index contributed by atoms with van der Waals surface area (Å²) in [4.78, 5) is 53.2. The molecule has 1 saturated heterocycles. The number of carbonyl (C=O) groups is 3. The van der Waals surface area contributed by atoms with E-state index in [1.807, 2.05) is 48.5 Å². The van der Waals surface area contributed by atoms with E-state index in [9.17, 15) is 24.5 Å². The Morgan fingerprint density at radius 1 is 0.881 bits per heavy atom. The molecule has 2 atom stereocenters. The minimum atomic E-state index is -1.16. The average molecular weight is 577 g/mol. The Morgan fingerprint density at radius 2 is 1.48 bits per heavy atom. The van der Waals surface area contributed by atoms with Crippen LogP contribution in [0.4, 0.5) is 11.4 Å². The maximum absolute atomic E-state index is 14.3. The van der Waals surface area contributed by atoms with Crippen molar-refractivity contribution in [2.24, 2.45) is 16.9 Å². The molecule has 206 valence electrons. The Balaban J connectivity index is 1.37. The zero-order valence-electron chi connectivity index (χ0n) is 21.8. The summed E-state index contributed by atoms with van der Waals surface area (Å²) in [6, 6.07) is 27.1. The van der Waals surface area contributed by atoms with Gasteiger partial charge >= 0.3 is 0 Å². The maximum Gasteiger partial charge on any atom is 0.271 e. The van der Waals surface area contributed by atoms with Crippen molar-refractivity contribution < 1.29 is 19.3 Å². The van der Waals surface area contributed by atoms with Gasteiger partial charge in [-0.3, -0.25) is 24.5 Å². The second-order valence-electron chi connectivity index (χ2n) is 10.5. The summed E-state index contributed by atoms with van der Waals surface area (Å²) in [5.74, 6) is -3.23. The second-order valence-corrected chi connectivity index (χ2v) is 11.0. The van der Waals surface area contributed by atoms with Gasteiger partial charge in [0, 0.05) is 34.9 Å². The molecule has 0 radical (unpaired) electrons. The van der Waals surface area contributed by atoms with E-state index in [2.05, 4.69) is 10.5 Å². The number of anilines is 1. The van der Waals surface area contributed by atoms with E-state index >= 15 is 0 Å². The van der Waals surface area contributed by atoms with Gasteiger partial charge in [0.05, 0.1) is 27.9 Å². The molecule has 1 fully saturated rings. The predicted octanol–water partition coefficient (Wildman–Crippen LogP) is 5.21. The highest BCUT2D eigenvalue weighted by Crippen LogP contribution is 2.63. The molecule has 42 heavy (non-hydrogen) atoms. The van der Waals surface area contributed by atoms with Crippen molar-refractivity contribution in [3.63, 3.8) is 0 Å². The molecule has 2 bridgehead atoms. The zero-order chi connectivity index (χ0) is 29.2. The topological polar surface area (TPSA) is 122 Å². The monoisotopic (exact) mass is 576 g/mol. The van der Waals surface area contributed by atoms with Gasteiger partial charge in [0.15, 0.2) is 0 Å². The van der Waals surface area contributed by atoms with Crippen LogP contribution in [-0.4, -0.2) is 28.9 Å². The van der Waals surface area contributed by atoms with E-state index in [4.69, 9.17) is 11.6 Å². The molecule has 3 amide bonds. The number of hydrogen-bond acceptors (Lipinski definition) is 6. The summed E-state index contributed by atoms with van der Waals surface area (Å²) in [5, 5.41) is 16.1. The minimum Gasteiger partial charge on any atom is -0.274 e. The molecule has 1 aliphatic heterocycles. The highest BCUT2D eigenvalue weighted by molar-refractivity contribution is 6.30. The number of halogens is 1.